The van der Waals surface area contributed by atoms with E-state index in [1.807, 2.05) is 6.92 Å². The number of halogens is 1. The molecule has 2 atom stereocenters. The molecule has 0 spiro atoms. The van der Waals surface area contributed by atoms with Crippen LogP contribution in [0.25, 0.3) is 0 Å². The van der Waals surface area contributed by atoms with Crippen molar-refractivity contribution in [2.24, 2.45) is 5.92 Å². The first-order chi connectivity index (χ1) is 9.47. The molecule has 0 saturated carbocycles. The number of hydrogen-bond acceptors (Lipinski definition) is 3. The Morgan fingerprint density at radius 1 is 1.55 bits per heavy atom. The van der Waals surface area contributed by atoms with E-state index in [2.05, 4.69) is 17.1 Å². The number of carbonyl (C=O) groups excluding carboxylic acids is 1. The van der Waals surface area contributed by atoms with Crippen molar-refractivity contribution >= 4 is 17.3 Å². The third kappa shape index (κ3) is 3.48. The van der Waals surface area contributed by atoms with Gasteiger partial charge in [-0.2, -0.15) is 0 Å². The van der Waals surface area contributed by atoms with Crippen LogP contribution < -0.4 is 11.1 Å². The van der Waals surface area contributed by atoms with Crippen molar-refractivity contribution in [3.05, 3.63) is 24.0 Å². The Morgan fingerprint density at radius 2 is 2.30 bits per heavy atom. The molecule has 4 nitrogen and oxygen atoms in total. The third-order valence-electron chi connectivity index (χ3n) is 3.86. The summed E-state index contributed by atoms with van der Waals surface area (Å²) in [5.41, 5.74) is 6.19. The highest BCUT2D eigenvalue weighted by atomic mass is 19.1. The van der Waals surface area contributed by atoms with Gasteiger partial charge in [0.25, 0.3) is 0 Å². The van der Waals surface area contributed by atoms with Crippen molar-refractivity contribution in [3.63, 3.8) is 0 Å². The number of rotatable bonds is 3. The van der Waals surface area contributed by atoms with Gasteiger partial charge in [-0.3, -0.25) is 9.69 Å². The first kappa shape index (κ1) is 14.8. The van der Waals surface area contributed by atoms with E-state index in [1.165, 1.54) is 24.6 Å². The average molecular weight is 279 g/mol. The maximum absolute atomic E-state index is 13.6. The Bertz CT molecular complexity index is 492. The topological polar surface area (TPSA) is 58.4 Å². The van der Waals surface area contributed by atoms with Gasteiger partial charge in [0.05, 0.1) is 11.7 Å². The van der Waals surface area contributed by atoms with E-state index in [0.29, 0.717) is 11.6 Å². The van der Waals surface area contributed by atoms with Crippen molar-refractivity contribution in [1.29, 1.82) is 0 Å². The van der Waals surface area contributed by atoms with Gasteiger partial charge in [0.15, 0.2) is 0 Å². The molecule has 1 amide bonds. The molecular weight excluding hydrogens is 257 g/mol. The lowest BCUT2D eigenvalue weighted by molar-refractivity contribution is -0.121. The fourth-order valence-electron chi connectivity index (χ4n) is 2.62. The Kier molecular flexibility index (Phi) is 4.60. The highest BCUT2D eigenvalue weighted by Crippen LogP contribution is 2.20. The molecule has 1 aliphatic rings. The number of piperidine rings is 1. The van der Waals surface area contributed by atoms with Crippen molar-refractivity contribution < 1.29 is 9.18 Å². The summed E-state index contributed by atoms with van der Waals surface area (Å²) in [6, 6.07) is 3.91. The van der Waals surface area contributed by atoms with Gasteiger partial charge < -0.3 is 11.1 Å². The van der Waals surface area contributed by atoms with Gasteiger partial charge >= 0.3 is 0 Å². The molecule has 5 heteroatoms. The summed E-state index contributed by atoms with van der Waals surface area (Å²) in [6.45, 7) is 5.87. The molecule has 1 aromatic rings. The Hall–Kier alpha value is -1.62. The zero-order valence-electron chi connectivity index (χ0n) is 12.0. The average Bonchev–Trinajstić information content (AvgIpc) is 2.42. The normalized spacial score (nSPS) is 21.4. The van der Waals surface area contributed by atoms with E-state index in [0.717, 1.165) is 19.5 Å². The lowest BCUT2D eigenvalue weighted by Gasteiger charge is -2.34. The predicted molar refractivity (Wildman–Crippen MR) is 78.9 cm³/mol. The minimum Gasteiger partial charge on any atom is -0.399 e. The third-order valence-corrected chi connectivity index (χ3v) is 3.86. The van der Waals surface area contributed by atoms with Crippen LogP contribution in [0.3, 0.4) is 0 Å². The molecule has 0 aromatic heterocycles. The van der Waals surface area contributed by atoms with Crippen molar-refractivity contribution in [1.82, 2.24) is 4.90 Å². The number of likely N-dealkylation sites (tertiary alicyclic amines) is 1. The van der Waals surface area contributed by atoms with E-state index in [1.54, 1.807) is 0 Å². The van der Waals surface area contributed by atoms with E-state index < -0.39 is 5.82 Å². The standard InChI is InChI=1S/C15H22FN3O/c1-10-4-3-7-19(9-10)11(2)15(20)18-14-8-12(17)5-6-13(14)16/h5-6,8,10-11H,3-4,7,9,17H2,1-2H3,(H,18,20). The SMILES string of the molecule is CC1CCCN(C(C)C(=O)Nc2cc(N)ccc2F)C1. The molecule has 1 saturated heterocycles. The van der Waals surface area contributed by atoms with Crippen molar-refractivity contribution in [2.75, 3.05) is 24.1 Å². The molecule has 110 valence electrons. The second kappa shape index (κ2) is 6.22. The van der Waals surface area contributed by atoms with E-state index in [4.69, 9.17) is 5.73 Å². The number of nitrogen functional groups attached to an aromatic ring is 1. The minimum atomic E-state index is -0.466. The number of anilines is 2. The van der Waals surface area contributed by atoms with Crippen LogP contribution in [0.5, 0.6) is 0 Å². The minimum absolute atomic E-state index is 0.145. The number of amides is 1. The van der Waals surface area contributed by atoms with Crippen LogP contribution in [0.4, 0.5) is 15.8 Å². The summed E-state index contributed by atoms with van der Waals surface area (Å²) < 4.78 is 13.6. The van der Waals surface area contributed by atoms with Gasteiger partial charge in [0.2, 0.25) is 5.91 Å². The fraction of sp³-hybridized carbons (Fsp3) is 0.533. The number of carbonyl (C=O) groups is 1. The summed E-state index contributed by atoms with van der Waals surface area (Å²) in [5, 5.41) is 2.63. The molecule has 2 rings (SSSR count). The molecule has 0 radical (unpaired) electrons. The molecule has 0 bridgehead atoms. The zero-order chi connectivity index (χ0) is 14.7. The second-order valence-electron chi connectivity index (χ2n) is 5.65. The largest absolute Gasteiger partial charge is 0.399 e. The van der Waals surface area contributed by atoms with Crippen LogP contribution in [0, 0.1) is 11.7 Å². The van der Waals surface area contributed by atoms with E-state index >= 15 is 0 Å². The molecular formula is C15H22FN3O. The Labute approximate surface area is 119 Å². The zero-order valence-corrected chi connectivity index (χ0v) is 12.0. The summed E-state index contributed by atoms with van der Waals surface area (Å²) >= 11 is 0. The number of hydrogen-bond donors (Lipinski definition) is 2. The quantitative estimate of drug-likeness (QED) is 0.836. The predicted octanol–water partition coefficient (Wildman–Crippen LogP) is 2.47. The lowest BCUT2D eigenvalue weighted by atomic mass is 9.99. The summed E-state index contributed by atoms with van der Waals surface area (Å²) in [5.74, 6) is -0.0570. The highest BCUT2D eigenvalue weighted by Gasteiger charge is 2.26. The maximum Gasteiger partial charge on any atom is 0.241 e. The molecule has 2 unspecified atom stereocenters. The molecule has 1 aliphatic heterocycles. The summed E-state index contributed by atoms with van der Waals surface area (Å²) in [4.78, 5) is 14.4. The highest BCUT2D eigenvalue weighted by molar-refractivity contribution is 5.95. The number of nitrogens with one attached hydrogen (secondary N) is 1. The van der Waals surface area contributed by atoms with Crippen LogP contribution in [0.1, 0.15) is 26.7 Å². The van der Waals surface area contributed by atoms with Crippen LogP contribution in [-0.4, -0.2) is 29.9 Å². The number of nitrogens with two attached hydrogens (primary N) is 1. The van der Waals surface area contributed by atoms with Crippen LogP contribution in [0.15, 0.2) is 18.2 Å². The van der Waals surface area contributed by atoms with E-state index in [-0.39, 0.29) is 17.6 Å². The van der Waals surface area contributed by atoms with Gasteiger partial charge in [0.1, 0.15) is 5.82 Å². The molecule has 3 N–H and O–H groups in total. The van der Waals surface area contributed by atoms with E-state index in [9.17, 15) is 9.18 Å². The monoisotopic (exact) mass is 279 g/mol. The maximum atomic E-state index is 13.6. The first-order valence-corrected chi connectivity index (χ1v) is 7.07. The Morgan fingerprint density at radius 3 is 3.00 bits per heavy atom. The second-order valence-corrected chi connectivity index (χ2v) is 5.65. The molecule has 0 aliphatic carbocycles. The van der Waals surface area contributed by atoms with Gasteiger partial charge in [-0.05, 0) is 50.4 Å². The number of benzene rings is 1. The molecule has 1 aromatic carbocycles. The van der Waals surface area contributed by atoms with Crippen LogP contribution in [-0.2, 0) is 4.79 Å². The lowest BCUT2D eigenvalue weighted by Crippen LogP contribution is -2.46. The van der Waals surface area contributed by atoms with Crippen LogP contribution in [0.2, 0.25) is 0 Å². The van der Waals surface area contributed by atoms with Crippen molar-refractivity contribution in [3.8, 4) is 0 Å². The first-order valence-electron chi connectivity index (χ1n) is 7.07. The van der Waals surface area contributed by atoms with Gasteiger partial charge in [-0.15, -0.1) is 0 Å². The smallest absolute Gasteiger partial charge is 0.241 e. The summed E-state index contributed by atoms with van der Waals surface area (Å²) in [7, 11) is 0. The van der Waals surface area contributed by atoms with Gasteiger partial charge in [0, 0.05) is 12.2 Å². The molecule has 20 heavy (non-hydrogen) atoms. The number of nitrogens with zero attached hydrogens (tertiary/aromatic N) is 1. The Balaban J connectivity index is 2.02. The van der Waals surface area contributed by atoms with Crippen molar-refractivity contribution in [2.45, 2.75) is 32.7 Å². The molecule has 1 fully saturated rings. The fourth-order valence-corrected chi connectivity index (χ4v) is 2.62. The summed E-state index contributed by atoms with van der Waals surface area (Å²) in [6.07, 6.45) is 2.31. The van der Waals surface area contributed by atoms with Crippen LogP contribution >= 0.6 is 0 Å². The molecule has 1 heterocycles. The van der Waals surface area contributed by atoms with Gasteiger partial charge in [-0.1, -0.05) is 6.92 Å². The van der Waals surface area contributed by atoms with Gasteiger partial charge in [-0.25, -0.2) is 4.39 Å².